The molecule has 0 atom stereocenters. The Morgan fingerprint density at radius 3 is 2.84 bits per heavy atom. The van der Waals surface area contributed by atoms with Gasteiger partial charge in [-0.25, -0.2) is 19.9 Å². The Balaban J connectivity index is 2.34. The average molecular weight is 256 g/mol. The highest BCUT2D eigenvalue weighted by molar-refractivity contribution is 6.00. The number of anilines is 1. The van der Waals surface area contributed by atoms with Crippen molar-refractivity contribution in [2.75, 3.05) is 5.32 Å². The predicted molar refractivity (Wildman–Crippen MR) is 70.6 cm³/mol. The van der Waals surface area contributed by atoms with E-state index in [0.717, 1.165) is 17.0 Å². The maximum Gasteiger partial charge on any atom is 0.222 e. The summed E-state index contributed by atoms with van der Waals surface area (Å²) in [6, 6.07) is 1.84. The summed E-state index contributed by atoms with van der Waals surface area (Å²) in [6.07, 6.45) is 1.38. The van der Waals surface area contributed by atoms with Gasteiger partial charge in [-0.05, 0) is 13.0 Å². The largest absolute Gasteiger partial charge is 0.316 e. The summed E-state index contributed by atoms with van der Waals surface area (Å²) >= 11 is 0. The van der Waals surface area contributed by atoms with E-state index < -0.39 is 0 Å². The van der Waals surface area contributed by atoms with E-state index in [1.54, 1.807) is 0 Å². The van der Waals surface area contributed by atoms with Gasteiger partial charge in [0.2, 0.25) is 5.91 Å². The van der Waals surface area contributed by atoms with Gasteiger partial charge in [0.05, 0.1) is 5.39 Å². The minimum atomic E-state index is -0.183. The molecule has 0 bridgehead atoms. The molecule has 0 aromatic carbocycles. The topological polar surface area (TPSA) is 85.6 Å². The molecule has 1 amide bonds. The van der Waals surface area contributed by atoms with Gasteiger partial charge < -0.3 is 9.88 Å². The standard InChI is InChI=1S/C12H12N6O/c1-6-15-9-4-8-10(16-7(2)19)13-5-14-11(8)17-12(9)18(6)3/h4-5H,1-3H3,(H,13,14,16,17,19). The van der Waals surface area contributed by atoms with Crippen molar-refractivity contribution in [3.63, 3.8) is 0 Å². The fourth-order valence-electron chi connectivity index (χ4n) is 1.97. The fraction of sp³-hybridized carbons (Fsp3) is 0.250. The van der Waals surface area contributed by atoms with Crippen LogP contribution in [0.4, 0.5) is 5.82 Å². The van der Waals surface area contributed by atoms with E-state index in [2.05, 4.69) is 25.3 Å². The van der Waals surface area contributed by atoms with Gasteiger partial charge in [-0.2, -0.15) is 0 Å². The third-order valence-electron chi connectivity index (χ3n) is 2.96. The van der Waals surface area contributed by atoms with Crippen molar-refractivity contribution < 1.29 is 4.79 Å². The lowest BCUT2D eigenvalue weighted by molar-refractivity contribution is -0.114. The van der Waals surface area contributed by atoms with Gasteiger partial charge in [0, 0.05) is 14.0 Å². The van der Waals surface area contributed by atoms with Crippen LogP contribution in [0, 0.1) is 6.92 Å². The second-order valence-electron chi connectivity index (χ2n) is 4.32. The molecule has 3 rings (SSSR count). The first-order valence-corrected chi connectivity index (χ1v) is 5.78. The van der Waals surface area contributed by atoms with E-state index in [0.29, 0.717) is 16.9 Å². The number of rotatable bonds is 1. The molecule has 7 heteroatoms. The summed E-state index contributed by atoms with van der Waals surface area (Å²) in [5.41, 5.74) is 2.06. The highest BCUT2D eigenvalue weighted by Gasteiger charge is 2.11. The molecule has 0 spiro atoms. The third kappa shape index (κ3) is 1.79. The van der Waals surface area contributed by atoms with E-state index in [4.69, 9.17) is 0 Å². The van der Waals surface area contributed by atoms with Crippen LogP contribution in [0.5, 0.6) is 0 Å². The maximum absolute atomic E-state index is 11.2. The third-order valence-corrected chi connectivity index (χ3v) is 2.96. The molecule has 7 nitrogen and oxygen atoms in total. The van der Waals surface area contributed by atoms with E-state index >= 15 is 0 Å². The van der Waals surface area contributed by atoms with E-state index in [-0.39, 0.29) is 5.91 Å². The number of nitrogens with zero attached hydrogens (tertiary/aromatic N) is 5. The predicted octanol–water partition coefficient (Wildman–Crippen LogP) is 1.18. The Bertz CT molecular complexity index is 807. The Hall–Kier alpha value is -2.57. The van der Waals surface area contributed by atoms with Gasteiger partial charge in [-0.15, -0.1) is 0 Å². The number of hydrogen-bond acceptors (Lipinski definition) is 5. The summed E-state index contributed by atoms with van der Waals surface area (Å²) in [5, 5.41) is 3.35. The van der Waals surface area contributed by atoms with Crippen molar-refractivity contribution >= 4 is 33.9 Å². The van der Waals surface area contributed by atoms with Gasteiger partial charge in [-0.1, -0.05) is 0 Å². The molecule has 0 radical (unpaired) electrons. The molecule has 0 saturated heterocycles. The molecule has 96 valence electrons. The molecule has 0 aliphatic heterocycles. The minimum Gasteiger partial charge on any atom is -0.316 e. The highest BCUT2D eigenvalue weighted by atomic mass is 16.1. The van der Waals surface area contributed by atoms with Crippen LogP contribution in [-0.4, -0.2) is 30.4 Å². The van der Waals surface area contributed by atoms with Gasteiger partial charge in [0.15, 0.2) is 11.3 Å². The zero-order valence-electron chi connectivity index (χ0n) is 10.8. The maximum atomic E-state index is 11.2. The van der Waals surface area contributed by atoms with Crippen molar-refractivity contribution in [3.8, 4) is 0 Å². The monoisotopic (exact) mass is 256 g/mol. The molecule has 3 aromatic rings. The van der Waals surface area contributed by atoms with E-state index in [9.17, 15) is 4.79 Å². The lowest BCUT2D eigenvalue weighted by atomic mass is 10.3. The lowest BCUT2D eigenvalue weighted by Crippen LogP contribution is -2.08. The Morgan fingerprint density at radius 2 is 2.11 bits per heavy atom. The Kier molecular flexibility index (Phi) is 2.41. The normalized spacial score (nSPS) is 11.1. The molecule has 1 N–H and O–H groups in total. The van der Waals surface area contributed by atoms with Crippen LogP contribution < -0.4 is 5.32 Å². The number of hydrogen-bond donors (Lipinski definition) is 1. The van der Waals surface area contributed by atoms with Crippen molar-refractivity contribution in [3.05, 3.63) is 18.2 Å². The van der Waals surface area contributed by atoms with Crippen LogP contribution in [0.1, 0.15) is 12.7 Å². The SMILES string of the molecule is CC(=O)Nc1ncnc2nc3c(cc12)nc(C)n3C. The number of amides is 1. The number of nitrogens with one attached hydrogen (secondary N) is 1. The zero-order valence-corrected chi connectivity index (χ0v) is 10.8. The molecule has 19 heavy (non-hydrogen) atoms. The first-order valence-electron chi connectivity index (χ1n) is 5.78. The van der Waals surface area contributed by atoms with Crippen molar-refractivity contribution in [1.29, 1.82) is 0 Å². The van der Waals surface area contributed by atoms with Crippen LogP contribution in [-0.2, 0) is 11.8 Å². The summed E-state index contributed by atoms with van der Waals surface area (Å²) in [6.45, 7) is 3.34. The van der Waals surface area contributed by atoms with Crippen molar-refractivity contribution in [2.24, 2.45) is 7.05 Å². The van der Waals surface area contributed by atoms with E-state index in [1.165, 1.54) is 13.3 Å². The molecule has 0 aliphatic rings. The number of pyridine rings is 1. The van der Waals surface area contributed by atoms with Gasteiger partial charge in [0.1, 0.15) is 23.5 Å². The number of aryl methyl sites for hydroxylation is 2. The molecule has 0 saturated carbocycles. The molecule has 0 fully saturated rings. The summed E-state index contributed by atoms with van der Waals surface area (Å²) in [4.78, 5) is 28.2. The summed E-state index contributed by atoms with van der Waals surface area (Å²) < 4.78 is 1.90. The average Bonchev–Trinajstić information content (AvgIpc) is 2.63. The van der Waals surface area contributed by atoms with Crippen LogP contribution >= 0.6 is 0 Å². The zero-order chi connectivity index (χ0) is 13.6. The molecule has 3 aromatic heterocycles. The summed E-state index contributed by atoms with van der Waals surface area (Å²) in [7, 11) is 1.90. The first-order chi connectivity index (χ1) is 9.06. The number of carbonyl (C=O) groups excluding carboxylic acids is 1. The second kappa shape index (κ2) is 3.98. The van der Waals surface area contributed by atoms with Crippen molar-refractivity contribution in [2.45, 2.75) is 13.8 Å². The number of fused-ring (bicyclic) bond motifs is 2. The van der Waals surface area contributed by atoms with Crippen molar-refractivity contribution in [1.82, 2.24) is 24.5 Å². The van der Waals surface area contributed by atoms with Crippen LogP contribution in [0.15, 0.2) is 12.4 Å². The Morgan fingerprint density at radius 1 is 1.32 bits per heavy atom. The van der Waals surface area contributed by atoms with Crippen LogP contribution in [0.2, 0.25) is 0 Å². The number of carbonyl (C=O) groups is 1. The van der Waals surface area contributed by atoms with E-state index in [1.807, 2.05) is 24.6 Å². The number of imidazole rings is 1. The highest BCUT2D eigenvalue weighted by Crippen LogP contribution is 2.22. The molecular formula is C12H12N6O. The van der Waals surface area contributed by atoms with Gasteiger partial charge >= 0.3 is 0 Å². The fourth-order valence-corrected chi connectivity index (χ4v) is 1.97. The molecule has 0 aliphatic carbocycles. The van der Waals surface area contributed by atoms with Crippen LogP contribution in [0.3, 0.4) is 0 Å². The Labute approximate surface area is 108 Å². The van der Waals surface area contributed by atoms with Crippen LogP contribution in [0.25, 0.3) is 22.2 Å². The summed E-state index contributed by atoms with van der Waals surface area (Å²) in [5.74, 6) is 1.14. The lowest BCUT2D eigenvalue weighted by Gasteiger charge is -2.04. The molecule has 0 unspecified atom stereocenters. The first kappa shape index (κ1) is 11.5. The quantitative estimate of drug-likeness (QED) is 0.706. The van der Waals surface area contributed by atoms with Gasteiger partial charge in [0.25, 0.3) is 0 Å². The minimum absolute atomic E-state index is 0.183. The second-order valence-corrected chi connectivity index (χ2v) is 4.32. The number of aromatic nitrogens is 5. The van der Waals surface area contributed by atoms with Gasteiger partial charge in [-0.3, -0.25) is 4.79 Å². The molecular weight excluding hydrogens is 244 g/mol. The smallest absolute Gasteiger partial charge is 0.222 e. The molecule has 3 heterocycles.